The first-order chi connectivity index (χ1) is 30.0. The van der Waals surface area contributed by atoms with E-state index in [-0.39, 0.29) is 39.2 Å². The Balaban J connectivity index is 1.26. The molecule has 0 aromatic heterocycles. The summed E-state index contributed by atoms with van der Waals surface area (Å²) < 4.78 is 45.6. The van der Waals surface area contributed by atoms with Gasteiger partial charge in [-0.2, -0.15) is 0 Å². The molecule has 358 valence electrons. The third-order valence-corrected chi connectivity index (χ3v) is 28.7. The molecule has 3 saturated carbocycles. The Morgan fingerprint density at radius 2 is 1.45 bits per heavy atom. The first kappa shape index (κ1) is 49.2. The third kappa shape index (κ3) is 7.66. The molecule has 2 aliphatic heterocycles. The summed E-state index contributed by atoms with van der Waals surface area (Å²) in [6, 6.07) is 21.7. The highest BCUT2D eigenvalue weighted by molar-refractivity contribution is 6.99. The van der Waals surface area contributed by atoms with Crippen LogP contribution in [0.15, 0.2) is 72.3 Å². The Kier molecular flexibility index (Phi) is 12.2. The lowest BCUT2D eigenvalue weighted by Crippen LogP contribution is -2.68. The number of fused-ring (bicyclic) bond motifs is 7. The van der Waals surface area contributed by atoms with Crippen LogP contribution >= 0.6 is 0 Å². The number of esters is 1. The molecule has 8 rings (SSSR count). The van der Waals surface area contributed by atoms with Crippen LogP contribution in [-0.4, -0.2) is 78.6 Å². The number of ether oxygens (including phenoxy) is 3. The van der Waals surface area contributed by atoms with Crippen molar-refractivity contribution in [3.8, 4) is 0 Å². The molecule has 12 atom stereocenters. The van der Waals surface area contributed by atoms with Gasteiger partial charge in [-0.3, -0.25) is 9.59 Å². The van der Waals surface area contributed by atoms with E-state index in [1.807, 2.05) is 0 Å². The van der Waals surface area contributed by atoms with Crippen molar-refractivity contribution in [1.82, 2.24) is 0 Å². The molecule has 6 aliphatic rings. The number of Topliss-reactive ketones (excluding diaryl/α,β-unsaturated/α-hetero) is 1. The number of carbonyl (C=O) groups excluding carboxylic acids is 2. The van der Waals surface area contributed by atoms with Gasteiger partial charge in [0.05, 0.1) is 17.6 Å². The van der Waals surface area contributed by atoms with E-state index in [2.05, 4.69) is 169 Å². The maximum absolute atomic E-state index is 13.4. The molecule has 65 heavy (non-hydrogen) atoms. The van der Waals surface area contributed by atoms with Crippen molar-refractivity contribution in [2.75, 3.05) is 6.61 Å². The van der Waals surface area contributed by atoms with Crippen LogP contribution in [0.25, 0.3) is 0 Å². The van der Waals surface area contributed by atoms with Crippen LogP contribution in [0.5, 0.6) is 0 Å². The molecule has 0 unspecified atom stereocenters. The molecule has 2 saturated heterocycles. The molecule has 2 heterocycles. The van der Waals surface area contributed by atoms with Crippen molar-refractivity contribution in [2.24, 2.45) is 34.5 Å². The Morgan fingerprint density at radius 3 is 1.98 bits per heavy atom. The molecular formula is C54H82O8Si3. The first-order valence-corrected chi connectivity index (χ1v) is 33.1. The molecule has 0 amide bonds. The van der Waals surface area contributed by atoms with Crippen LogP contribution in [0.4, 0.5) is 0 Å². The third-order valence-electron chi connectivity index (χ3n) is 18.3. The number of ketones is 1. The number of benzene rings is 2. The van der Waals surface area contributed by atoms with E-state index in [1.165, 1.54) is 15.9 Å². The van der Waals surface area contributed by atoms with Gasteiger partial charge < -0.3 is 27.5 Å². The van der Waals surface area contributed by atoms with E-state index in [0.29, 0.717) is 37.6 Å². The van der Waals surface area contributed by atoms with Gasteiger partial charge in [0.2, 0.25) is 0 Å². The topological polar surface area (TPSA) is 89.5 Å². The largest absolute Gasteiger partial charge is 0.462 e. The van der Waals surface area contributed by atoms with Crippen LogP contribution in [0.2, 0.25) is 42.8 Å². The van der Waals surface area contributed by atoms with E-state index in [1.54, 1.807) is 6.92 Å². The molecule has 0 N–H and O–H groups in total. The Hall–Kier alpha value is -2.23. The maximum Gasteiger partial charge on any atom is 0.302 e. The van der Waals surface area contributed by atoms with Gasteiger partial charge in [0.1, 0.15) is 29.7 Å². The van der Waals surface area contributed by atoms with Gasteiger partial charge in [0, 0.05) is 32.1 Å². The molecule has 2 aromatic rings. The van der Waals surface area contributed by atoms with Crippen molar-refractivity contribution in [1.29, 1.82) is 0 Å². The fourth-order valence-electron chi connectivity index (χ4n) is 14.2. The van der Waals surface area contributed by atoms with Gasteiger partial charge >= 0.3 is 5.97 Å². The summed E-state index contributed by atoms with van der Waals surface area (Å²) in [5.74, 6) is -0.504. The predicted octanol–water partition coefficient (Wildman–Crippen LogP) is 11.1. The molecule has 0 bridgehead atoms. The minimum absolute atomic E-state index is 0.0147. The number of hydrogen-bond donors (Lipinski definition) is 0. The fourth-order valence-corrected chi connectivity index (χ4v) is 21.7. The average molecular weight is 943 g/mol. The van der Waals surface area contributed by atoms with Crippen molar-refractivity contribution in [3.63, 3.8) is 0 Å². The summed E-state index contributed by atoms with van der Waals surface area (Å²) in [5, 5.41) is 2.17. The SMILES string of the molecule is CC(=O)O[C@@H]1C[C@H]2[C@@H](CC[C@H]3CC(=O)CC[C@@]32C)C2=C[C@@H]3O[C@]4(O[C@](C)(CO[Si](c5ccccc5)(c5ccccc5)C(C)(C)C)C[C@H]4O[Si](C)(C)C(C)(C)C)[C@@H](C)[C@]3(O[Si](C)(C)C)[C@]21C. The van der Waals surface area contributed by atoms with Crippen LogP contribution < -0.4 is 10.4 Å². The van der Waals surface area contributed by atoms with Gasteiger partial charge in [-0.05, 0) is 116 Å². The molecule has 2 aromatic carbocycles. The molecule has 4 aliphatic carbocycles. The monoisotopic (exact) mass is 943 g/mol. The van der Waals surface area contributed by atoms with Gasteiger partial charge in [-0.1, -0.05) is 128 Å². The average Bonchev–Trinajstić information content (AvgIpc) is 3.71. The molecule has 5 fully saturated rings. The minimum Gasteiger partial charge on any atom is -0.462 e. The van der Waals surface area contributed by atoms with Gasteiger partial charge in [0.25, 0.3) is 8.32 Å². The predicted molar refractivity (Wildman–Crippen MR) is 267 cm³/mol. The second kappa shape index (κ2) is 16.2. The lowest BCUT2D eigenvalue weighted by atomic mass is 9.44. The number of rotatable bonds is 10. The number of hydrogen-bond acceptors (Lipinski definition) is 8. The van der Waals surface area contributed by atoms with E-state index in [0.717, 1.165) is 25.7 Å². The van der Waals surface area contributed by atoms with Crippen LogP contribution in [0.3, 0.4) is 0 Å². The van der Waals surface area contributed by atoms with Crippen LogP contribution in [-0.2, 0) is 37.1 Å². The lowest BCUT2D eigenvalue weighted by molar-refractivity contribution is -0.277. The molecule has 11 heteroatoms. The highest BCUT2D eigenvalue weighted by Gasteiger charge is 2.81. The number of carbonyl (C=O) groups is 2. The fraction of sp³-hybridized carbons (Fsp3) is 0.704. The zero-order valence-corrected chi connectivity index (χ0v) is 45.8. The van der Waals surface area contributed by atoms with Gasteiger partial charge in [-0.25, -0.2) is 0 Å². The van der Waals surface area contributed by atoms with Crippen LogP contribution in [0.1, 0.15) is 121 Å². The van der Waals surface area contributed by atoms with Gasteiger partial charge in [0.15, 0.2) is 22.4 Å². The summed E-state index contributed by atoms with van der Waals surface area (Å²) in [7, 11) is -7.76. The van der Waals surface area contributed by atoms with E-state index >= 15 is 0 Å². The molecular weight excluding hydrogens is 861 g/mol. The normalized spacial score (nSPS) is 38.5. The molecule has 8 nitrogen and oxygen atoms in total. The van der Waals surface area contributed by atoms with Crippen molar-refractivity contribution in [2.45, 2.75) is 199 Å². The summed E-state index contributed by atoms with van der Waals surface area (Å²) >= 11 is 0. The Bertz CT molecular complexity index is 2120. The second-order valence-corrected chi connectivity index (χ2v) is 38.9. The first-order valence-electron chi connectivity index (χ1n) is 24.9. The van der Waals surface area contributed by atoms with Crippen molar-refractivity contribution < 1.29 is 37.1 Å². The van der Waals surface area contributed by atoms with Crippen LogP contribution in [0, 0.1) is 34.5 Å². The Labute approximate surface area is 395 Å². The van der Waals surface area contributed by atoms with E-state index < -0.39 is 65.7 Å². The van der Waals surface area contributed by atoms with Crippen molar-refractivity contribution >= 4 is 47.1 Å². The minimum atomic E-state index is -2.95. The molecule has 0 radical (unpaired) electrons. The zero-order chi connectivity index (χ0) is 47.6. The quantitative estimate of drug-likeness (QED) is 0.132. The smallest absolute Gasteiger partial charge is 0.302 e. The van der Waals surface area contributed by atoms with E-state index in [4.69, 9.17) is 27.5 Å². The summed E-state index contributed by atoms with van der Waals surface area (Å²) in [4.78, 5) is 26.3. The highest BCUT2D eigenvalue weighted by Crippen LogP contribution is 2.73. The standard InChI is InChI=1S/C54H82O8Si3/c1-36-53(62-63(12,13)14)46(33-44-42-28-27-38-31-39(56)29-30-51(38,10)43(42)32-45(52(44,53)11)58-37(2)55)59-54(36)47(60-64(15,16)48(3,4)5)34-50(9,61-54)35-57-65(49(6,7)8,40-23-19-17-20-24-40)41-25-21-18-22-26-41/h17-26,33,36,38,42-43,45-47H,27-32,34-35H2,1-16H3/t36-,38-,42+,43-,45+,46-,47+,50-,51-,52+,53+,54-/m0/s1. The maximum atomic E-state index is 13.4. The second-order valence-electron chi connectivity index (χ2n) is 25.5. The van der Waals surface area contributed by atoms with E-state index in [9.17, 15) is 9.59 Å². The zero-order valence-electron chi connectivity index (χ0n) is 42.8. The Morgan fingerprint density at radius 1 is 0.846 bits per heavy atom. The highest BCUT2D eigenvalue weighted by atomic mass is 28.4. The van der Waals surface area contributed by atoms with Gasteiger partial charge in [-0.15, -0.1) is 0 Å². The summed E-state index contributed by atoms with van der Waals surface area (Å²) in [6.07, 6.45) is 6.61. The molecule has 1 spiro atoms. The summed E-state index contributed by atoms with van der Waals surface area (Å²) in [6.45, 7) is 36.5. The van der Waals surface area contributed by atoms with Crippen molar-refractivity contribution in [3.05, 3.63) is 72.3 Å². The lowest BCUT2D eigenvalue weighted by Gasteiger charge is -2.63. The summed E-state index contributed by atoms with van der Waals surface area (Å²) in [5.41, 5.74) is -1.12.